The average Bonchev–Trinajstić information content (AvgIpc) is 2.88. The highest BCUT2D eigenvalue weighted by molar-refractivity contribution is 7.65. The summed E-state index contributed by atoms with van der Waals surface area (Å²) in [6.45, 7) is 6.40. The summed E-state index contributed by atoms with van der Waals surface area (Å²) in [7, 11) is 3.12. The van der Waals surface area contributed by atoms with Gasteiger partial charge in [-0.1, -0.05) is 12.1 Å². The summed E-state index contributed by atoms with van der Waals surface area (Å²) in [5.74, 6) is 2.76. The molecule has 0 saturated carbocycles. The maximum Gasteiger partial charge on any atom is 0.133 e. The van der Waals surface area contributed by atoms with Gasteiger partial charge in [-0.25, -0.2) is 0 Å². The van der Waals surface area contributed by atoms with Gasteiger partial charge < -0.3 is 14.2 Å². The highest BCUT2D eigenvalue weighted by Crippen LogP contribution is 2.49. The molecule has 0 aliphatic carbocycles. The van der Waals surface area contributed by atoms with Crippen LogP contribution in [0.15, 0.2) is 24.3 Å². The molecule has 1 atom stereocenters. The predicted molar refractivity (Wildman–Crippen MR) is 92.4 cm³/mol. The lowest BCUT2D eigenvalue weighted by molar-refractivity contribution is 0.393. The second kappa shape index (κ2) is 5.81. The number of rotatable bonds is 3. The molecule has 3 rings (SSSR count). The molecule has 0 fully saturated rings. The highest BCUT2D eigenvalue weighted by Gasteiger charge is 2.27. The molecule has 22 heavy (non-hydrogen) atoms. The molecule has 0 amide bonds. The van der Waals surface area contributed by atoms with Crippen molar-refractivity contribution < 1.29 is 14.2 Å². The molecule has 116 valence electrons. The van der Waals surface area contributed by atoms with Crippen LogP contribution in [0, 0.1) is 13.8 Å². The maximum atomic E-state index is 5.83. The molecule has 0 N–H and O–H groups in total. The van der Waals surface area contributed by atoms with Crippen LogP contribution in [0.2, 0.25) is 0 Å². The maximum absolute atomic E-state index is 5.83. The van der Waals surface area contributed by atoms with E-state index in [0.29, 0.717) is 0 Å². The van der Waals surface area contributed by atoms with Crippen LogP contribution in [0.4, 0.5) is 0 Å². The summed E-state index contributed by atoms with van der Waals surface area (Å²) in [4.78, 5) is 0. The minimum absolute atomic E-state index is 0.313. The zero-order chi connectivity index (χ0) is 15.9. The molecule has 0 aromatic heterocycles. The zero-order valence-electron chi connectivity index (χ0n) is 13.7. The first-order valence-corrected chi connectivity index (χ1v) is 9.25. The van der Waals surface area contributed by atoms with Gasteiger partial charge in [0.2, 0.25) is 0 Å². The van der Waals surface area contributed by atoms with Crippen LogP contribution in [-0.2, 0) is 0 Å². The molecule has 1 aliphatic heterocycles. The summed E-state index contributed by atoms with van der Waals surface area (Å²) in [5, 5.41) is 1.30. The van der Waals surface area contributed by atoms with Gasteiger partial charge in [-0.05, 0) is 51.7 Å². The molecule has 0 spiro atoms. The second-order valence-electron chi connectivity index (χ2n) is 5.58. The Morgan fingerprint density at radius 1 is 1.05 bits per heavy atom. The van der Waals surface area contributed by atoms with E-state index in [-0.39, 0.29) is 7.92 Å². The average molecular weight is 316 g/mol. The Morgan fingerprint density at radius 2 is 1.68 bits per heavy atom. The molecule has 0 unspecified atom stereocenters. The number of hydrogen-bond acceptors (Lipinski definition) is 3. The summed E-state index contributed by atoms with van der Waals surface area (Å²) in [6, 6.07) is 8.34. The van der Waals surface area contributed by atoms with E-state index in [1.54, 1.807) is 14.2 Å². The van der Waals surface area contributed by atoms with Crippen molar-refractivity contribution in [2.75, 3.05) is 27.2 Å². The fraction of sp³-hybridized carbons (Fsp3) is 0.333. The Hall–Kier alpha value is -1.73. The summed E-state index contributed by atoms with van der Waals surface area (Å²) < 4.78 is 17.2. The molecule has 1 aliphatic rings. The number of ether oxygens (including phenoxy) is 3. The van der Waals surface area contributed by atoms with Crippen molar-refractivity contribution in [1.29, 1.82) is 0 Å². The number of fused-ring (bicyclic) bond motifs is 1. The van der Waals surface area contributed by atoms with Crippen LogP contribution in [0.5, 0.6) is 17.2 Å². The van der Waals surface area contributed by atoms with Gasteiger partial charge in [-0.15, -0.1) is 0 Å². The Kier molecular flexibility index (Phi) is 4.01. The molecule has 3 nitrogen and oxygen atoms in total. The van der Waals surface area contributed by atoms with Gasteiger partial charge in [0, 0.05) is 10.9 Å². The Balaban J connectivity index is 2.36. The van der Waals surface area contributed by atoms with Gasteiger partial charge in [0.25, 0.3) is 0 Å². The van der Waals surface area contributed by atoms with E-state index in [2.05, 4.69) is 32.6 Å². The summed E-state index contributed by atoms with van der Waals surface area (Å²) in [6.07, 6.45) is 0.789. The van der Waals surface area contributed by atoms with Gasteiger partial charge >= 0.3 is 0 Å². The molecule has 1 heterocycles. The lowest BCUT2D eigenvalue weighted by Crippen LogP contribution is -2.06. The lowest BCUT2D eigenvalue weighted by Gasteiger charge is -2.20. The number of benzene rings is 2. The van der Waals surface area contributed by atoms with Crippen molar-refractivity contribution in [2.24, 2.45) is 0 Å². The zero-order valence-corrected chi connectivity index (χ0v) is 14.6. The van der Waals surface area contributed by atoms with E-state index in [0.717, 1.165) is 40.3 Å². The third-order valence-electron chi connectivity index (χ3n) is 4.08. The molecule has 2 aromatic rings. The van der Waals surface area contributed by atoms with Crippen LogP contribution >= 0.6 is 7.92 Å². The van der Waals surface area contributed by atoms with E-state index in [9.17, 15) is 0 Å². The topological polar surface area (TPSA) is 27.7 Å². The van der Waals surface area contributed by atoms with Gasteiger partial charge in [0.1, 0.15) is 23.6 Å². The van der Waals surface area contributed by atoms with Crippen LogP contribution in [0.3, 0.4) is 0 Å². The fourth-order valence-electron chi connectivity index (χ4n) is 3.19. The van der Waals surface area contributed by atoms with Crippen LogP contribution in [-0.4, -0.2) is 27.2 Å². The van der Waals surface area contributed by atoms with E-state index in [4.69, 9.17) is 14.2 Å². The standard InChI is InChI=1S/C18H21O3P/c1-11-9-12(2)17(20-4)15(16(11)19-3)13-7-6-8-14-18(13)22(5)10-21-14/h6-9H,10H2,1-5H3/t22-/m1/s1. The minimum atomic E-state index is -0.313. The van der Waals surface area contributed by atoms with E-state index < -0.39 is 0 Å². The molecule has 0 saturated heterocycles. The molecule has 0 radical (unpaired) electrons. The molecule has 4 heteroatoms. The highest BCUT2D eigenvalue weighted by atomic mass is 31.1. The Morgan fingerprint density at radius 3 is 2.27 bits per heavy atom. The van der Waals surface area contributed by atoms with Gasteiger partial charge in [-0.2, -0.15) is 0 Å². The first-order chi connectivity index (χ1) is 10.6. The van der Waals surface area contributed by atoms with Crippen LogP contribution in [0.25, 0.3) is 11.1 Å². The monoisotopic (exact) mass is 316 g/mol. The van der Waals surface area contributed by atoms with Crippen molar-refractivity contribution in [3.8, 4) is 28.4 Å². The Bertz CT molecular complexity index is 697. The minimum Gasteiger partial charge on any atom is -0.496 e. The fourth-order valence-corrected chi connectivity index (χ4v) is 4.76. The first-order valence-electron chi connectivity index (χ1n) is 7.28. The van der Waals surface area contributed by atoms with Gasteiger partial charge in [0.05, 0.1) is 19.8 Å². The van der Waals surface area contributed by atoms with Crippen molar-refractivity contribution in [1.82, 2.24) is 0 Å². The second-order valence-corrected chi connectivity index (χ2v) is 7.68. The smallest absolute Gasteiger partial charge is 0.133 e. The quantitative estimate of drug-likeness (QED) is 0.799. The molecule has 0 bridgehead atoms. The lowest BCUT2D eigenvalue weighted by atomic mass is 9.97. The molecule has 2 aromatic carbocycles. The van der Waals surface area contributed by atoms with Crippen molar-refractivity contribution in [3.05, 3.63) is 35.4 Å². The Labute approximate surface area is 133 Å². The number of hydrogen-bond donors (Lipinski definition) is 0. The van der Waals surface area contributed by atoms with E-state index in [1.807, 2.05) is 12.1 Å². The third kappa shape index (κ3) is 2.24. The van der Waals surface area contributed by atoms with Crippen molar-refractivity contribution in [2.45, 2.75) is 13.8 Å². The summed E-state index contributed by atoms with van der Waals surface area (Å²) >= 11 is 0. The van der Waals surface area contributed by atoms with E-state index in [1.165, 1.54) is 10.9 Å². The van der Waals surface area contributed by atoms with Gasteiger partial charge in [-0.3, -0.25) is 0 Å². The third-order valence-corrected chi connectivity index (χ3v) is 5.82. The van der Waals surface area contributed by atoms with Crippen LogP contribution < -0.4 is 19.5 Å². The molecular formula is C18H21O3P. The van der Waals surface area contributed by atoms with Crippen molar-refractivity contribution >= 4 is 13.2 Å². The normalized spacial score (nSPS) is 16.1. The summed E-state index contributed by atoms with van der Waals surface area (Å²) in [5.41, 5.74) is 4.45. The van der Waals surface area contributed by atoms with E-state index >= 15 is 0 Å². The van der Waals surface area contributed by atoms with Crippen molar-refractivity contribution in [3.63, 3.8) is 0 Å². The van der Waals surface area contributed by atoms with Crippen LogP contribution in [0.1, 0.15) is 11.1 Å². The predicted octanol–water partition coefficient (Wildman–Crippen LogP) is 4.07. The van der Waals surface area contributed by atoms with Gasteiger partial charge in [0.15, 0.2) is 0 Å². The number of methoxy groups -OCH3 is 2. The first kappa shape index (κ1) is 15.2. The number of aryl methyl sites for hydroxylation is 2. The SMILES string of the molecule is COc1c(C)cc(C)c(OC)c1-c1cccc2c1[P@](C)CO2. The molecular weight excluding hydrogens is 295 g/mol. The largest absolute Gasteiger partial charge is 0.496 e.